The number of hydrogen-bond donors (Lipinski definition) is 2. The molecule has 0 aliphatic carbocycles. The third kappa shape index (κ3) is 23.7. The van der Waals surface area contributed by atoms with Crippen molar-refractivity contribution in [2.24, 2.45) is 0 Å². The Morgan fingerprint density at radius 1 is 0.686 bits per heavy atom. The van der Waals surface area contributed by atoms with E-state index in [1.807, 2.05) is 0 Å². The SMILES string of the molecule is CNC(=O)CCOCCCOCN(C)C(=O)COCCCCOCCNC(=O)CCCCCOC. The van der Waals surface area contributed by atoms with Crippen LogP contribution in [-0.2, 0) is 38.1 Å². The van der Waals surface area contributed by atoms with Crippen LogP contribution in [-0.4, -0.2) is 110 Å². The quantitative estimate of drug-likeness (QED) is 0.140. The van der Waals surface area contributed by atoms with Gasteiger partial charge in [0.05, 0.1) is 19.8 Å². The maximum absolute atomic E-state index is 12.0. The molecule has 0 aromatic carbocycles. The molecular weight excluding hydrogens is 458 g/mol. The summed E-state index contributed by atoms with van der Waals surface area (Å²) in [6.45, 7) is 4.38. The molecule has 0 aliphatic rings. The Balaban J connectivity index is 3.40. The molecular formula is C24H47N3O8. The topological polar surface area (TPSA) is 125 Å². The van der Waals surface area contributed by atoms with E-state index in [4.69, 9.17) is 23.7 Å². The standard InChI is InChI=1S/C24H47N3O8/c1-25-22(28)11-18-32-16-9-17-35-21-27(2)24(30)20-34-15-8-7-14-33-19-12-26-23(29)10-5-4-6-13-31-3/h4-21H2,1-3H3,(H,25,28)(H,26,29). The lowest BCUT2D eigenvalue weighted by Gasteiger charge is -2.17. The number of carbonyl (C=O) groups excluding carboxylic acids is 3. The average molecular weight is 506 g/mol. The fraction of sp³-hybridized carbons (Fsp3) is 0.875. The van der Waals surface area contributed by atoms with Gasteiger partial charge in [-0.15, -0.1) is 0 Å². The van der Waals surface area contributed by atoms with E-state index in [0.717, 1.165) is 38.7 Å². The molecule has 0 radical (unpaired) electrons. The molecule has 0 atom stereocenters. The van der Waals surface area contributed by atoms with Gasteiger partial charge in [-0.1, -0.05) is 6.42 Å². The second-order valence-corrected chi connectivity index (χ2v) is 8.04. The number of nitrogens with one attached hydrogen (secondary N) is 2. The Morgan fingerprint density at radius 2 is 1.34 bits per heavy atom. The molecule has 0 saturated heterocycles. The van der Waals surface area contributed by atoms with Crippen LogP contribution in [0.1, 0.15) is 51.4 Å². The van der Waals surface area contributed by atoms with E-state index < -0.39 is 0 Å². The number of methoxy groups -OCH3 is 1. The zero-order valence-corrected chi connectivity index (χ0v) is 21.9. The van der Waals surface area contributed by atoms with E-state index in [1.54, 1.807) is 21.2 Å². The largest absolute Gasteiger partial charge is 0.385 e. The molecule has 206 valence electrons. The van der Waals surface area contributed by atoms with Gasteiger partial charge in [0.1, 0.15) is 13.3 Å². The molecule has 11 nitrogen and oxygen atoms in total. The van der Waals surface area contributed by atoms with Crippen molar-refractivity contribution in [3.8, 4) is 0 Å². The van der Waals surface area contributed by atoms with Crippen LogP contribution in [0, 0.1) is 0 Å². The lowest BCUT2D eigenvalue weighted by atomic mass is 10.2. The van der Waals surface area contributed by atoms with Gasteiger partial charge in [-0.2, -0.15) is 0 Å². The molecule has 0 aromatic rings. The summed E-state index contributed by atoms with van der Waals surface area (Å²) < 4.78 is 26.7. The molecule has 3 amide bonds. The van der Waals surface area contributed by atoms with Gasteiger partial charge in [0.15, 0.2) is 0 Å². The lowest BCUT2D eigenvalue weighted by Crippen LogP contribution is -2.32. The molecule has 35 heavy (non-hydrogen) atoms. The number of ether oxygens (including phenoxy) is 5. The lowest BCUT2D eigenvalue weighted by molar-refractivity contribution is -0.140. The second-order valence-electron chi connectivity index (χ2n) is 8.04. The number of hydrogen-bond acceptors (Lipinski definition) is 8. The van der Waals surface area contributed by atoms with Gasteiger partial charge < -0.3 is 39.2 Å². The Labute approximate surface area is 210 Å². The van der Waals surface area contributed by atoms with Crippen molar-refractivity contribution in [1.29, 1.82) is 0 Å². The summed E-state index contributed by atoms with van der Waals surface area (Å²) >= 11 is 0. The van der Waals surface area contributed by atoms with Crippen LogP contribution in [0.15, 0.2) is 0 Å². The van der Waals surface area contributed by atoms with E-state index in [2.05, 4.69) is 10.6 Å². The van der Waals surface area contributed by atoms with Gasteiger partial charge in [0.2, 0.25) is 17.7 Å². The van der Waals surface area contributed by atoms with E-state index in [-0.39, 0.29) is 31.1 Å². The average Bonchev–Trinajstić information content (AvgIpc) is 2.85. The monoisotopic (exact) mass is 505 g/mol. The number of rotatable bonds is 25. The Kier molecular flexibility index (Phi) is 24.0. The van der Waals surface area contributed by atoms with Gasteiger partial charge in [-0.3, -0.25) is 14.4 Å². The van der Waals surface area contributed by atoms with Crippen molar-refractivity contribution in [1.82, 2.24) is 15.5 Å². The maximum atomic E-state index is 12.0. The molecule has 0 fully saturated rings. The predicted octanol–water partition coefficient (Wildman–Crippen LogP) is 1.10. The molecule has 11 heteroatoms. The Morgan fingerprint density at radius 3 is 2.09 bits per heavy atom. The van der Waals surface area contributed by atoms with E-state index >= 15 is 0 Å². The van der Waals surface area contributed by atoms with Crippen molar-refractivity contribution in [3.63, 3.8) is 0 Å². The maximum Gasteiger partial charge on any atom is 0.250 e. The number of nitrogens with zero attached hydrogens (tertiary/aromatic N) is 1. The van der Waals surface area contributed by atoms with Crippen molar-refractivity contribution in [2.75, 3.05) is 87.3 Å². The molecule has 0 aromatic heterocycles. The first kappa shape index (κ1) is 33.2. The van der Waals surface area contributed by atoms with E-state index in [0.29, 0.717) is 65.4 Å². The van der Waals surface area contributed by atoms with Gasteiger partial charge in [0.25, 0.3) is 0 Å². The Hall–Kier alpha value is -1.79. The normalized spacial score (nSPS) is 10.8. The summed E-state index contributed by atoms with van der Waals surface area (Å²) in [7, 11) is 4.94. The first-order chi connectivity index (χ1) is 17.0. The first-order valence-electron chi connectivity index (χ1n) is 12.5. The van der Waals surface area contributed by atoms with Crippen LogP contribution in [0.2, 0.25) is 0 Å². The van der Waals surface area contributed by atoms with Crippen molar-refractivity contribution in [3.05, 3.63) is 0 Å². The smallest absolute Gasteiger partial charge is 0.250 e. The molecule has 0 spiro atoms. The highest BCUT2D eigenvalue weighted by Gasteiger charge is 2.08. The second kappa shape index (κ2) is 25.3. The number of likely N-dealkylation sites (N-methyl/N-ethyl adjacent to an activating group) is 1. The Bertz CT molecular complexity index is 537. The third-order valence-electron chi connectivity index (χ3n) is 4.91. The summed E-state index contributed by atoms with van der Waals surface area (Å²) in [5.41, 5.74) is 0. The molecule has 2 N–H and O–H groups in total. The summed E-state index contributed by atoms with van der Waals surface area (Å²) in [6.07, 6.45) is 6.04. The third-order valence-corrected chi connectivity index (χ3v) is 4.91. The van der Waals surface area contributed by atoms with Crippen molar-refractivity contribution < 1.29 is 38.1 Å². The molecule has 0 heterocycles. The van der Waals surface area contributed by atoms with Crippen LogP contribution in [0.5, 0.6) is 0 Å². The van der Waals surface area contributed by atoms with Gasteiger partial charge in [-0.25, -0.2) is 0 Å². The molecule has 0 unspecified atom stereocenters. The van der Waals surface area contributed by atoms with Crippen LogP contribution in [0.25, 0.3) is 0 Å². The summed E-state index contributed by atoms with van der Waals surface area (Å²) in [5, 5.41) is 5.38. The minimum absolute atomic E-state index is 0.0147. The zero-order valence-electron chi connectivity index (χ0n) is 21.9. The highest BCUT2D eigenvalue weighted by atomic mass is 16.5. The zero-order chi connectivity index (χ0) is 26.0. The fourth-order valence-electron chi connectivity index (χ4n) is 2.77. The fourth-order valence-corrected chi connectivity index (χ4v) is 2.77. The van der Waals surface area contributed by atoms with Gasteiger partial charge >= 0.3 is 0 Å². The van der Waals surface area contributed by atoms with Crippen molar-refractivity contribution in [2.45, 2.75) is 51.4 Å². The highest BCUT2D eigenvalue weighted by molar-refractivity contribution is 5.77. The minimum atomic E-state index is -0.141. The summed E-state index contributed by atoms with van der Waals surface area (Å²) in [6, 6.07) is 0. The van der Waals surface area contributed by atoms with Crippen LogP contribution >= 0.6 is 0 Å². The van der Waals surface area contributed by atoms with Crippen molar-refractivity contribution >= 4 is 17.7 Å². The number of unbranched alkanes of at least 4 members (excludes halogenated alkanes) is 3. The summed E-state index contributed by atoms with van der Waals surface area (Å²) in [5.74, 6) is -0.129. The van der Waals surface area contributed by atoms with Gasteiger partial charge in [0, 0.05) is 67.0 Å². The highest BCUT2D eigenvalue weighted by Crippen LogP contribution is 1.99. The van der Waals surface area contributed by atoms with Gasteiger partial charge in [-0.05, 0) is 32.1 Å². The predicted molar refractivity (Wildman–Crippen MR) is 132 cm³/mol. The van der Waals surface area contributed by atoms with Crippen LogP contribution in [0.3, 0.4) is 0 Å². The minimum Gasteiger partial charge on any atom is -0.385 e. The number of amides is 3. The van der Waals surface area contributed by atoms with E-state index in [1.165, 1.54) is 4.90 Å². The first-order valence-corrected chi connectivity index (χ1v) is 12.5. The van der Waals surface area contributed by atoms with E-state index in [9.17, 15) is 14.4 Å². The molecule has 0 rings (SSSR count). The molecule has 0 saturated carbocycles. The van der Waals surface area contributed by atoms with Crippen LogP contribution < -0.4 is 10.6 Å². The number of carbonyl (C=O) groups is 3. The molecule has 0 aliphatic heterocycles. The van der Waals surface area contributed by atoms with Crippen LogP contribution in [0.4, 0.5) is 0 Å². The molecule has 0 bridgehead atoms. The summed E-state index contributed by atoms with van der Waals surface area (Å²) in [4.78, 5) is 36.2.